The third-order valence-electron chi connectivity index (χ3n) is 8.30. The monoisotopic (exact) mass is 668 g/mol. The Morgan fingerprint density at radius 2 is 1.27 bits per heavy atom. The van der Waals surface area contributed by atoms with E-state index in [1.54, 1.807) is 13.2 Å². The van der Waals surface area contributed by atoms with Gasteiger partial charge in [0.2, 0.25) is 0 Å². The summed E-state index contributed by atoms with van der Waals surface area (Å²) in [5.74, 6) is -0.902. The zero-order chi connectivity index (χ0) is 34.2. The molecule has 0 aromatic heterocycles. The molecule has 48 heavy (non-hydrogen) atoms. The smallest absolute Gasteiger partial charge is 0.330 e. The number of methoxy groups -OCH3 is 2. The maximum Gasteiger partial charge on any atom is 0.330 e. The van der Waals surface area contributed by atoms with Crippen molar-refractivity contribution in [2.45, 2.75) is 50.5 Å². The van der Waals surface area contributed by atoms with E-state index in [4.69, 9.17) is 28.1 Å². The molecule has 3 atom stereocenters. The summed E-state index contributed by atoms with van der Waals surface area (Å²) in [6.45, 7) is 7.38. The summed E-state index contributed by atoms with van der Waals surface area (Å²) in [5.41, 5.74) is 2.00. The van der Waals surface area contributed by atoms with Crippen LogP contribution < -0.4 is 10.4 Å². The van der Waals surface area contributed by atoms with E-state index in [0.717, 1.165) is 21.5 Å². The SMILES string of the molecule is COCO[C@H](/C=C/C(=O)OC)[C@H](c1ccccc1)[C@@H](CO[Si](c1ccccc1)(c1ccccc1)C(C)(C)C)OCOCc1ccccc1. The van der Waals surface area contributed by atoms with E-state index < -0.39 is 32.4 Å². The molecule has 8 heteroatoms. The van der Waals surface area contributed by atoms with Gasteiger partial charge in [-0.3, -0.25) is 0 Å². The van der Waals surface area contributed by atoms with Crippen LogP contribution in [0.4, 0.5) is 0 Å². The summed E-state index contributed by atoms with van der Waals surface area (Å²) in [4.78, 5) is 12.3. The number of esters is 1. The second-order valence-corrected chi connectivity index (χ2v) is 16.8. The van der Waals surface area contributed by atoms with Gasteiger partial charge in [-0.1, -0.05) is 142 Å². The molecule has 7 nitrogen and oxygen atoms in total. The third-order valence-corrected chi connectivity index (χ3v) is 13.3. The second-order valence-electron chi connectivity index (χ2n) is 12.5. The lowest BCUT2D eigenvalue weighted by Crippen LogP contribution is -2.67. The Kier molecular flexibility index (Phi) is 14.3. The standard InChI is InChI=1S/C40H48O7Si/c1-40(2,3)48(34-22-14-8-15-23-34,35-24-16-9-17-25-35)47-29-37(46-31-44-28-32-18-10-6-11-19-32)39(33-20-12-7-13-21-33)36(45-30-42-4)26-27-38(41)43-5/h6-27,36-37,39H,28-31H2,1-5H3/b27-26+/t36-,37-,39+/m1/s1. The Labute approximate surface area is 286 Å². The number of carbonyl (C=O) groups is 1. The van der Waals surface area contributed by atoms with Crippen molar-refractivity contribution >= 4 is 24.7 Å². The van der Waals surface area contributed by atoms with Gasteiger partial charge in [0.1, 0.15) is 13.6 Å². The van der Waals surface area contributed by atoms with Crippen LogP contribution in [0.25, 0.3) is 0 Å². The van der Waals surface area contributed by atoms with Crippen molar-refractivity contribution < 1.29 is 32.9 Å². The molecule has 0 saturated carbocycles. The van der Waals surface area contributed by atoms with E-state index in [-0.39, 0.29) is 25.2 Å². The minimum atomic E-state index is -2.94. The van der Waals surface area contributed by atoms with Gasteiger partial charge in [-0.15, -0.1) is 0 Å². The molecule has 0 bridgehead atoms. The molecule has 0 unspecified atom stereocenters. The quantitative estimate of drug-likeness (QED) is 0.0388. The van der Waals surface area contributed by atoms with Gasteiger partial charge < -0.3 is 28.1 Å². The van der Waals surface area contributed by atoms with E-state index >= 15 is 0 Å². The Balaban J connectivity index is 1.79. The minimum absolute atomic E-state index is 0.00626. The van der Waals surface area contributed by atoms with Gasteiger partial charge in [-0.2, -0.15) is 0 Å². The number of hydrogen-bond acceptors (Lipinski definition) is 7. The molecular weight excluding hydrogens is 621 g/mol. The summed E-state index contributed by atoms with van der Waals surface area (Å²) in [6, 6.07) is 41.0. The van der Waals surface area contributed by atoms with Crippen molar-refractivity contribution in [1.29, 1.82) is 0 Å². The molecule has 0 amide bonds. The molecule has 0 aliphatic carbocycles. The average Bonchev–Trinajstić information content (AvgIpc) is 3.12. The molecular formula is C40H48O7Si. The summed E-state index contributed by atoms with van der Waals surface area (Å²) in [7, 11) is -0.0269. The Hall–Kier alpha value is -3.89. The van der Waals surface area contributed by atoms with Gasteiger partial charge in [0.15, 0.2) is 0 Å². The van der Waals surface area contributed by atoms with Crippen LogP contribution in [-0.2, 0) is 39.5 Å². The van der Waals surface area contributed by atoms with Crippen LogP contribution in [0.15, 0.2) is 133 Å². The molecule has 0 aliphatic heterocycles. The maximum atomic E-state index is 12.3. The first-order chi connectivity index (χ1) is 23.3. The molecule has 0 spiro atoms. The normalized spacial score (nSPS) is 14.0. The van der Waals surface area contributed by atoms with E-state index in [2.05, 4.69) is 69.3 Å². The lowest BCUT2D eigenvalue weighted by atomic mass is 9.88. The first-order valence-corrected chi connectivity index (χ1v) is 18.1. The predicted octanol–water partition coefficient (Wildman–Crippen LogP) is 6.62. The van der Waals surface area contributed by atoms with Crippen molar-refractivity contribution in [2.75, 3.05) is 34.4 Å². The van der Waals surface area contributed by atoms with Gasteiger partial charge in [0.25, 0.3) is 8.32 Å². The number of carbonyl (C=O) groups excluding carboxylic acids is 1. The topological polar surface area (TPSA) is 72.5 Å². The van der Waals surface area contributed by atoms with Crippen LogP contribution in [0, 0.1) is 0 Å². The molecule has 0 N–H and O–H groups in total. The summed E-state index contributed by atoms with van der Waals surface area (Å²) < 4.78 is 36.6. The number of benzene rings is 4. The Bertz CT molecular complexity index is 1470. The number of ether oxygens (including phenoxy) is 5. The van der Waals surface area contributed by atoms with Crippen molar-refractivity contribution in [2.24, 2.45) is 0 Å². The molecule has 0 aliphatic rings. The van der Waals surface area contributed by atoms with Crippen molar-refractivity contribution in [1.82, 2.24) is 0 Å². The highest BCUT2D eigenvalue weighted by molar-refractivity contribution is 6.99. The molecule has 4 rings (SSSR count). The summed E-state index contributed by atoms with van der Waals surface area (Å²) in [6.07, 6.45) is 1.89. The maximum absolute atomic E-state index is 12.3. The lowest BCUT2D eigenvalue weighted by Gasteiger charge is -2.44. The second kappa shape index (κ2) is 18.6. The van der Waals surface area contributed by atoms with Gasteiger partial charge in [-0.05, 0) is 32.6 Å². The molecule has 4 aromatic rings. The fourth-order valence-electron chi connectivity index (χ4n) is 6.05. The number of rotatable bonds is 18. The fourth-order valence-corrected chi connectivity index (χ4v) is 10.6. The molecule has 0 fully saturated rings. The van der Waals surface area contributed by atoms with Crippen molar-refractivity contribution in [3.8, 4) is 0 Å². The molecule has 4 aromatic carbocycles. The fraction of sp³-hybridized carbons (Fsp3) is 0.325. The molecule has 0 heterocycles. The van der Waals surface area contributed by atoms with E-state index in [0.29, 0.717) is 6.61 Å². The highest BCUT2D eigenvalue weighted by Gasteiger charge is 2.51. The summed E-state index contributed by atoms with van der Waals surface area (Å²) >= 11 is 0. The van der Waals surface area contributed by atoms with Crippen LogP contribution in [0.1, 0.15) is 37.8 Å². The highest BCUT2D eigenvalue weighted by atomic mass is 28.4. The van der Waals surface area contributed by atoms with E-state index in [1.807, 2.05) is 72.8 Å². The number of hydrogen-bond donors (Lipinski definition) is 0. The zero-order valence-corrected chi connectivity index (χ0v) is 29.6. The Morgan fingerprint density at radius 3 is 1.79 bits per heavy atom. The third kappa shape index (κ3) is 9.82. The van der Waals surface area contributed by atoms with Gasteiger partial charge in [-0.25, -0.2) is 4.79 Å². The molecule has 0 saturated heterocycles. The van der Waals surface area contributed by atoms with Crippen molar-refractivity contribution in [3.63, 3.8) is 0 Å². The van der Waals surface area contributed by atoms with Crippen LogP contribution in [0.5, 0.6) is 0 Å². The predicted molar refractivity (Wildman–Crippen MR) is 192 cm³/mol. The van der Waals surface area contributed by atoms with Crippen molar-refractivity contribution in [3.05, 3.63) is 145 Å². The zero-order valence-electron chi connectivity index (χ0n) is 28.6. The largest absolute Gasteiger partial charge is 0.466 e. The highest BCUT2D eigenvalue weighted by Crippen LogP contribution is 2.38. The van der Waals surface area contributed by atoms with Crippen LogP contribution in [0.3, 0.4) is 0 Å². The van der Waals surface area contributed by atoms with E-state index in [1.165, 1.54) is 13.2 Å². The van der Waals surface area contributed by atoms with Crippen LogP contribution >= 0.6 is 0 Å². The Morgan fingerprint density at radius 1 is 0.729 bits per heavy atom. The molecule has 254 valence electrons. The first-order valence-electron chi connectivity index (χ1n) is 16.2. The van der Waals surface area contributed by atoms with Gasteiger partial charge in [0, 0.05) is 19.1 Å². The first kappa shape index (κ1) is 36.9. The van der Waals surface area contributed by atoms with Crippen LogP contribution in [0.2, 0.25) is 5.04 Å². The average molecular weight is 669 g/mol. The van der Waals surface area contributed by atoms with Crippen LogP contribution in [-0.4, -0.2) is 60.9 Å². The van der Waals surface area contributed by atoms with Gasteiger partial charge >= 0.3 is 5.97 Å². The lowest BCUT2D eigenvalue weighted by molar-refractivity contribution is -0.137. The van der Waals surface area contributed by atoms with Gasteiger partial charge in [0.05, 0.1) is 32.5 Å². The molecule has 0 radical (unpaired) electrons. The summed E-state index contributed by atoms with van der Waals surface area (Å²) in [5, 5.41) is 2.08. The minimum Gasteiger partial charge on any atom is -0.466 e. The van der Waals surface area contributed by atoms with E-state index in [9.17, 15) is 4.79 Å².